The molecule has 3 heteroatoms. The first kappa shape index (κ1) is 11.2. The third-order valence-corrected chi connectivity index (χ3v) is 2.59. The van der Waals surface area contributed by atoms with Crippen LogP contribution in [0, 0.1) is 6.92 Å². The third-order valence-electron chi connectivity index (χ3n) is 2.59. The summed E-state index contributed by atoms with van der Waals surface area (Å²) in [6.07, 6.45) is 0. The predicted molar refractivity (Wildman–Crippen MR) is 67.2 cm³/mol. The Labute approximate surface area is 99.7 Å². The molecule has 2 aromatic carbocycles. The first-order valence-corrected chi connectivity index (χ1v) is 5.33. The van der Waals surface area contributed by atoms with Crippen LogP contribution in [0.5, 0.6) is 5.75 Å². The monoisotopic (exact) mass is 227 g/mol. The van der Waals surface area contributed by atoms with Gasteiger partial charge in [-0.25, -0.2) is 0 Å². The average molecular weight is 227 g/mol. The molecule has 0 aliphatic rings. The second-order valence-electron chi connectivity index (χ2n) is 3.77. The quantitative estimate of drug-likeness (QED) is 0.828. The molecule has 2 rings (SSSR count). The molecule has 0 aliphatic carbocycles. The molecule has 86 valence electrons. The van der Waals surface area contributed by atoms with Crippen LogP contribution in [0.25, 0.3) is 0 Å². The van der Waals surface area contributed by atoms with E-state index in [2.05, 4.69) is 5.32 Å². The van der Waals surface area contributed by atoms with E-state index in [0.717, 1.165) is 0 Å². The Hall–Kier alpha value is -2.29. The molecule has 0 radical (unpaired) electrons. The molecular formula is C14H13NO2. The van der Waals surface area contributed by atoms with Gasteiger partial charge in [0.1, 0.15) is 5.75 Å². The van der Waals surface area contributed by atoms with Gasteiger partial charge >= 0.3 is 0 Å². The van der Waals surface area contributed by atoms with Crippen molar-refractivity contribution in [1.29, 1.82) is 0 Å². The van der Waals surface area contributed by atoms with Gasteiger partial charge in [-0.1, -0.05) is 24.3 Å². The molecule has 0 saturated carbocycles. The molecule has 0 fully saturated rings. The Kier molecular flexibility index (Phi) is 3.10. The van der Waals surface area contributed by atoms with Gasteiger partial charge in [0, 0.05) is 16.8 Å². The van der Waals surface area contributed by atoms with Gasteiger partial charge in [0.05, 0.1) is 0 Å². The van der Waals surface area contributed by atoms with Crippen LogP contribution in [0.1, 0.15) is 15.9 Å². The first-order valence-electron chi connectivity index (χ1n) is 5.33. The number of carbonyl (C=O) groups excluding carboxylic acids is 1. The molecule has 2 aromatic rings. The van der Waals surface area contributed by atoms with Gasteiger partial charge in [-0.15, -0.1) is 0 Å². The van der Waals surface area contributed by atoms with Crippen molar-refractivity contribution in [3.8, 4) is 5.75 Å². The van der Waals surface area contributed by atoms with E-state index in [9.17, 15) is 9.90 Å². The van der Waals surface area contributed by atoms with E-state index in [0.29, 0.717) is 16.8 Å². The Bertz CT molecular complexity index is 535. The SMILES string of the molecule is Cc1c(O)cccc1NC(=O)c1ccccc1. The van der Waals surface area contributed by atoms with Gasteiger partial charge in [-0.3, -0.25) is 4.79 Å². The summed E-state index contributed by atoms with van der Waals surface area (Å²) in [4.78, 5) is 11.9. The lowest BCUT2D eigenvalue weighted by Gasteiger charge is -2.09. The molecular weight excluding hydrogens is 214 g/mol. The number of rotatable bonds is 2. The normalized spacial score (nSPS) is 9.94. The molecule has 0 bridgehead atoms. The van der Waals surface area contributed by atoms with Gasteiger partial charge in [0.2, 0.25) is 0 Å². The summed E-state index contributed by atoms with van der Waals surface area (Å²) in [5.74, 6) is -0.00448. The minimum Gasteiger partial charge on any atom is -0.508 e. The molecule has 0 spiro atoms. The Morgan fingerprint density at radius 3 is 2.47 bits per heavy atom. The molecule has 0 unspecified atom stereocenters. The van der Waals surface area contributed by atoms with Crippen LogP contribution in [0.15, 0.2) is 48.5 Å². The van der Waals surface area contributed by atoms with Crippen LogP contribution in [0.4, 0.5) is 5.69 Å². The maximum absolute atomic E-state index is 11.9. The van der Waals surface area contributed by atoms with E-state index < -0.39 is 0 Å². The summed E-state index contributed by atoms with van der Waals surface area (Å²) in [5, 5.41) is 12.3. The third kappa shape index (κ3) is 2.45. The fraction of sp³-hybridized carbons (Fsp3) is 0.0714. The van der Waals surface area contributed by atoms with Crippen molar-refractivity contribution in [1.82, 2.24) is 0 Å². The highest BCUT2D eigenvalue weighted by molar-refractivity contribution is 6.04. The van der Waals surface area contributed by atoms with Crippen LogP contribution in [0.3, 0.4) is 0 Å². The van der Waals surface area contributed by atoms with E-state index in [4.69, 9.17) is 0 Å². The summed E-state index contributed by atoms with van der Waals surface area (Å²) in [6, 6.07) is 14.0. The number of amides is 1. The lowest BCUT2D eigenvalue weighted by Crippen LogP contribution is -2.12. The maximum Gasteiger partial charge on any atom is 0.255 e. The standard InChI is InChI=1S/C14H13NO2/c1-10-12(8-5-9-13(10)16)15-14(17)11-6-3-2-4-7-11/h2-9,16H,1H3,(H,15,17). The van der Waals surface area contributed by atoms with E-state index in [1.54, 1.807) is 37.3 Å². The van der Waals surface area contributed by atoms with Gasteiger partial charge < -0.3 is 10.4 Å². The smallest absolute Gasteiger partial charge is 0.255 e. The van der Waals surface area contributed by atoms with Crippen molar-refractivity contribution in [2.45, 2.75) is 6.92 Å². The molecule has 17 heavy (non-hydrogen) atoms. The minimum atomic E-state index is -0.181. The fourth-order valence-electron chi connectivity index (χ4n) is 1.54. The second-order valence-corrected chi connectivity index (χ2v) is 3.77. The van der Waals surface area contributed by atoms with Crippen molar-refractivity contribution in [2.24, 2.45) is 0 Å². The summed E-state index contributed by atoms with van der Waals surface area (Å²) in [7, 11) is 0. The highest BCUT2D eigenvalue weighted by Gasteiger charge is 2.08. The van der Waals surface area contributed by atoms with Gasteiger partial charge in [-0.05, 0) is 31.2 Å². The summed E-state index contributed by atoms with van der Waals surface area (Å²) >= 11 is 0. The fourth-order valence-corrected chi connectivity index (χ4v) is 1.54. The molecule has 2 N–H and O–H groups in total. The summed E-state index contributed by atoms with van der Waals surface area (Å²) in [5.41, 5.74) is 1.88. The number of nitrogens with one attached hydrogen (secondary N) is 1. The minimum absolute atomic E-state index is 0.177. The predicted octanol–water partition coefficient (Wildman–Crippen LogP) is 2.95. The summed E-state index contributed by atoms with van der Waals surface area (Å²) in [6.45, 7) is 1.76. The zero-order chi connectivity index (χ0) is 12.3. The number of phenolic OH excluding ortho intramolecular Hbond substituents is 1. The van der Waals surface area contributed by atoms with E-state index in [1.807, 2.05) is 18.2 Å². The van der Waals surface area contributed by atoms with Crippen LogP contribution >= 0.6 is 0 Å². The number of anilines is 1. The van der Waals surface area contributed by atoms with Crippen molar-refractivity contribution >= 4 is 11.6 Å². The van der Waals surface area contributed by atoms with Gasteiger partial charge in [0.15, 0.2) is 0 Å². The zero-order valence-electron chi connectivity index (χ0n) is 9.47. The van der Waals surface area contributed by atoms with Gasteiger partial charge in [-0.2, -0.15) is 0 Å². The molecule has 0 saturated heterocycles. The Morgan fingerprint density at radius 1 is 1.06 bits per heavy atom. The van der Waals surface area contributed by atoms with Gasteiger partial charge in [0.25, 0.3) is 5.91 Å². The molecule has 0 aliphatic heterocycles. The number of aromatic hydroxyl groups is 1. The first-order chi connectivity index (χ1) is 8.18. The number of benzene rings is 2. The Balaban J connectivity index is 2.22. The van der Waals surface area contributed by atoms with E-state index in [-0.39, 0.29) is 11.7 Å². The van der Waals surface area contributed by atoms with E-state index >= 15 is 0 Å². The van der Waals surface area contributed by atoms with Crippen LogP contribution in [-0.2, 0) is 0 Å². The number of carbonyl (C=O) groups is 1. The number of hydrogen-bond acceptors (Lipinski definition) is 2. The molecule has 0 heterocycles. The van der Waals surface area contributed by atoms with Crippen LogP contribution < -0.4 is 5.32 Å². The number of phenols is 1. The maximum atomic E-state index is 11.9. The zero-order valence-corrected chi connectivity index (χ0v) is 9.47. The lowest BCUT2D eigenvalue weighted by molar-refractivity contribution is 0.102. The summed E-state index contributed by atoms with van der Waals surface area (Å²) < 4.78 is 0. The Morgan fingerprint density at radius 2 is 1.76 bits per heavy atom. The second kappa shape index (κ2) is 4.70. The largest absolute Gasteiger partial charge is 0.508 e. The molecule has 0 aromatic heterocycles. The lowest BCUT2D eigenvalue weighted by atomic mass is 10.1. The van der Waals surface area contributed by atoms with Crippen LogP contribution in [0.2, 0.25) is 0 Å². The average Bonchev–Trinajstić information content (AvgIpc) is 2.36. The highest BCUT2D eigenvalue weighted by atomic mass is 16.3. The van der Waals surface area contributed by atoms with Crippen molar-refractivity contribution < 1.29 is 9.90 Å². The highest BCUT2D eigenvalue weighted by Crippen LogP contribution is 2.24. The number of hydrogen-bond donors (Lipinski definition) is 2. The molecule has 1 amide bonds. The topological polar surface area (TPSA) is 49.3 Å². The van der Waals surface area contributed by atoms with Crippen molar-refractivity contribution in [3.63, 3.8) is 0 Å². The molecule has 3 nitrogen and oxygen atoms in total. The van der Waals surface area contributed by atoms with Crippen molar-refractivity contribution in [3.05, 3.63) is 59.7 Å². The van der Waals surface area contributed by atoms with E-state index in [1.165, 1.54) is 0 Å². The van der Waals surface area contributed by atoms with Crippen LogP contribution in [-0.4, -0.2) is 11.0 Å². The van der Waals surface area contributed by atoms with Crippen molar-refractivity contribution in [2.75, 3.05) is 5.32 Å². The molecule has 0 atom stereocenters.